The van der Waals surface area contributed by atoms with Crippen molar-refractivity contribution in [2.75, 3.05) is 0 Å². The van der Waals surface area contributed by atoms with Crippen LogP contribution in [0.5, 0.6) is 0 Å². The number of nitrogens with zero attached hydrogens (tertiary/aromatic N) is 2. The lowest BCUT2D eigenvalue weighted by Crippen LogP contribution is -1.92. The standard InChI is InChI=1S/C12H7N3O2S/c13-4-3-11-14-9(6-18-11)7-1-2-8-10(5-7)17-12(16)15-8/h1-2,5-6H,3H2,(H,15,16). The zero-order chi connectivity index (χ0) is 12.5. The van der Waals surface area contributed by atoms with Crippen LogP contribution in [-0.2, 0) is 6.42 Å². The summed E-state index contributed by atoms with van der Waals surface area (Å²) in [7, 11) is 0. The van der Waals surface area contributed by atoms with Crippen LogP contribution in [0.15, 0.2) is 32.8 Å². The highest BCUT2D eigenvalue weighted by Crippen LogP contribution is 2.24. The fourth-order valence-corrected chi connectivity index (χ4v) is 2.43. The van der Waals surface area contributed by atoms with Gasteiger partial charge in [0.15, 0.2) is 5.58 Å². The van der Waals surface area contributed by atoms with Gasteiger partial charge >= 0.3 is 5.76 Å². The van der Waals surface area contributed by atoms with E-state index < -0.39 is 5.76 Å². The Morgan fingerprint density at radius 3 is 3.22 bits per heavy atom. The molecule has 2 heterocycles. The van der Waals surface area contributed by atoms with E-state index in [2.05, 4.69) is 16.0 Å². The number of aromatic amines is 1. The highest BCUT2D eigenvalue weighted by atomic mass is 32.1. The molecule has 0 spiro atoms. The summed E-state index contributed by atoms with van der Waals surface area (Å²) >= 11 is 1.45. The summed E-state index contributed by atoms with van der Waals surface area (Å²) in [6, 6.07) is 7.46. The van der Waals surface area contributed by atoms with Gasteiger partial charge in [0.2, 0.25) is 0 Å². The van der Waals surface area contributed by atoms with E-state index in [0.717, 1.165) is 16.3 Å². The summed E-state index contributed by atoms with van der Waals surface area (Å²) in [4.78, 5) is 18.0. The van der Waals surface area contributed by atoms with Gasteiger partial charge in [0, 0.05) is 10.9 Å². The number of thiazole rings is 1. The van der Waals surface area contributed by atoms with Crippen LogP contribution in [0.3, 0.4) is 0 Å². The Balaban J connectivity index is 2.07. The van der Waals surface area contributed by atoms with Crippen molar-refractivity contribution in [3.63, 3.8) is 0 Å². The molecule has 88 valence electrons. The van der Waals surface area contributed by atoms with Crippen molar-refractivity contribution in [2.45, 2.75) is 6.42 Å². The molecular formula is C12H7N3O2S. The number of fused-ring (bicyclic) bond motifs is 1. The molecule has 0 atom stereocenters. The van der Waals surface area contributed by atoms with Crippen LogP contribution in [0.2, 0.25) is 0 Å². The van der Waals surface area contributed by atoms with Crippen LogP contribution in [-0.4, -0.2) is 9.97 Å². The third-order valence-electron chi connectivity index (χ3n) is 2.50. The van der Waals surface area contributed by atoms with Crippen molar-refractivity contribution < 1.29 is 4.42 Å². The molecule has 2 aromatic heterocycles. The lowest BCUT2D eigenvalue weighted by Gasteiger charge is -1.95. The van der Waals surface area contributed by atoms with E-state index in [1.165, 1.54) is 11.3 Å². The molecule has 3 aromatic rings. The van der Waals surface area contributed by atoms with Gasteiger partial charge < -0.3 is 4.42 Å². The Labute approximate surface area is 105 Å². The maximum atomic E-state index is 11.1. The molecule has 5 nitrogen and oxygen atoms in total. The molecule has 0 aliphatic carbocycles. The molecule has 1 N–H and O–H groups in total. The van der Waals surface area contributed by atoms with E-state index in [0.29, 0.717) is 17.5 Å². The Morgan fingerprint density at radius 2 is 2.39 bits per heavy atom. The van der Waals surface area contributed by atoms with Crippen molar-refractivity contribution in [2.24, 2.45) is 0 Å². The quantitative estimate of drug-likeness (QED) is 0.763. The van der Waals surface area contributed by atoms with Gasteiger partial charge in [-0.1, -0.05) is 6.07 Å². The normalized spacial score (nSPS) is 10.6. The van der Waals surface area contributed by atoms with E-state index in [1.54, 1.807) is 12.1 Å². The van der Waals surface area contributed by atoms with Crippen LogP contribution in [0.25, 0.3) is 22.4 Å². The number of rotatable bonds is 2. The van der Waals surface area contributed by atoms with Crippen molar-refractivity contribution >= 4 is 22.4 Å². The average molecular weight is 257 g/mol. The number of nitriles is 1. The van der Waals surface area contributed by atoms with Gasteiger partial charge in [-0.25, -0.2) is 9.78 Å². The highest BCUT2D eigenvalue weighted by Gasteiger charge is 2.07. The predicted molar refractivity (Wildman–Crippen MR) is 67.3 cm³/mol. The monoisotopic (exact) mass is 257 g/mol. The molecular weight excluding hydrogens is 250 g/mol. The first kappa shape index (κ1) is 10.7. The Hall–Kier alpha value is -2.39. The summed E-state index contributed by atoms with van der Waals surface area (Å²) in [5.74, 6) is -0.467. The maximum Gasteiger partial charge on any atom is 0.417 e. The zero-order valence-electron chi connectivity index (χ0n) is 9.14. The van der Waals surface area contributed by atoms with Crippen LogP contribution in [0.1, 0.15) is 5.01 Å². The molecule has 0 amide bonds. The second kappa shape index (κ2) is 4.13. The summed E-state index contributed by atoms with van der Waals surface area (Å²) < 4.78 is 5.00. The number of benzene rings is 1. The largest absolute Gasteiger partial charge is 0.417 e. The molecule has 0 aliphatic rings. The second-order valence-electron chi connectivity index (χ2n) is 3.69. The first-order chi connectivity index (χ1) is 8.76. The smallest absolute Gasteiger partial charge is 0.408 e. The van der Waals surface area contributed by atoms with Crippen molar-refractivity contribution in [3.8, 4) is 17.3 Å². The van der Waals surface area contributed by atoms with Crippen molar-refractivity contribution in [1.82, 2.24) is 9.97 Å². The third kappa shape index (κ3) is 1.81. The van der Waals surface area contributed by atoms with Gasteiger partial charge in [0.1, 0.15) is 5.01 Å². The zero-order valence-corrected chi connectivity index (χ0v) is 9.95. The lowest BCUT2D eigenvalue weighted by molar-refractivity contribution is 0.555. The lowest BCUT2D eigenvalue weighted by atomic mass is 10.1. The summed E-state index contributed by atoms with van der Waals surface area (Å²) in [5, 5.41) is 11.3. The molecule has 1 aromatic carbocycles. The molecule has 0 unspecified atom stereocenters. The first-order valence-electron chi connectivity index (χ1n) is 5.21. The van der Waals surface area contributed by atoms with Gasteiger partial charge in [-0.3, -0.25) is 4.98 Å². The molecule has 0 saturated heterocycles. The van der Waals surface area contributed by atoms with Crippen LogP contribution in [0, 0.1) is 11.3 Å². The molecule has 18 heavy (non-hydrogen) atoms. The Kier molecular flexibility index (Phi) is 2.46. The maximum absolute atomic E-state index is 11.1. The van der Waals surface area contributed by atoms with E-state index in [9.17, 15) is 4.79 Å². The minimum Gasteiger partial charge on any atom is -0.408 e. The minimum atomic E-state index is -0.467. The Morgan fingerprint density at radius 1 is 1.50 bits per heavy atom. The fourth-order valence-electron chi connectivity index (χ4n) is 1.70. The highest BCUT2D eigenvalue weighted by molar-refractivity contribution is 7.10. The fraction of sp³-hybridized carbons (Fsp3) is 0.0833. The number of aromatic nitrogens is 2. The molecule has 0 fully saturated rings. The number of oxazole rings is 1. The molecule has 0 aliphatic heterocycles. The number of hydrogen-bond acceptors (Lipinski definition) is 5. The van der Waals surface area contributed by atoms with E-state index >= 15 is 0 Å². The molecule has 0 saturated carbocycles. The van der Waals surface area contributed by atoms with Crippen LogP contribution >= 0.6 is 11.3 Å². The van der Waals surface area contributed by atoms with E-state index in [4.69, 9.17) is 9.68 Å². The van der Waals surface area contributed by atoms with Gasteiger partial charge in [-0.15, -0.1) is 11.3 Å². The molecule has 3 rings (SSSR count). The number of H-pyrrole nitrogens is 1. The predicted octanol–water partition coefficient (Wildman–Crippen LogP) is 2.31. The molecule has 0 bridgehead atoms. The van der Waals surface area contributed by atoms with Crippen LogP contribution in [0.4, 0.5) is 0 Å². The van der Waals surface area contributed by atoms with Crippen molar-refractivity contribution in [1.29, 1.82) is 5.26 Å². The molecule has 0 radical (unpaired) electrons. The van der Waals surface area contributed by atoms with Gasteiger partial charge in [0.25, 0.3) is 0 Å². The second-order valence-corrected chi connectivity index (χ2v) is 4.63. The summed E-state index contributed by atoms with van der Waals surface area (Å²) in [6.07, 6.45) is 0.312. The molecule has 6 heteroatoms. The van der Waals surface area contributed by atoms with Gasteiger partial charge in [-0.05, 0) is 12.1 Å². The van der Waals surface area contributed by atoms with Gasteiger partial charge in [0.05, 0.1) is 23.7 Å². The number of nitrogens with one attached hydrogen (secondary N) is 1. The third-order valence-corrected chi connectivity index (χ3v) is 3.35. The Bertz CT molecular complexity index is 806. The summed E-state index contributed by atoms with van der Waals surface area (Å²) in [6.45, 7) is 0. The SMILES string of the molecule is N#CCc1nc(-c2ccc3[nH]c(=O)oc3c2)cs1. The first-order valence-corrected chi connectivity index (χ1v) is 6.09. The van der Waals surface area contributed by atoms with E-state index in [1.807, 2.05) is 11.4 Å². The van der Waals surface area contributed by atoms with E-state index in [-0.39, 0.29) is 0 Å². The topological polar surface area (TPSA) is 82.7 Å². The minimum absolute atomic E-state index is 0.312. The van der Waals surface area contributed by atoms with Crippen LogP contribution < -0.4 is 5.76 Å². The van der Waals surface area contributed by atoms with Crippen molar-refractivity contribution in [3.05, 3.63) is 39.1 Å². The number of hydrogen-bond donors (Lipinski definition) is 1. The average Bonchev–Trinajstić information content (AvgIpc) is 2.93. The van der Waals surface area contributed by atoms with Gasteiger partial charge in [-0.2, -0.15) is 5.26 Å². The summed E-state index contributed by atoms with van der Waals surface area (Å²) in [5.41, 5.74) is 2.82.